The third-order valence-corrected chi connectivity index (χ3v) is 1.37. The van der Waals surface area contributed by atoms with E-state index >= 15 is 0 Å². The van der Waals surface area contributed by atoms with Gasteiger partial charge in [-0.05, 0) is 12.1 Å². The molecule has 0 fully saturated rings. The van der Waals surface area contributed by atoms with Crippen LogP contribution in [0.5, 0.6) is 5.75 Å². The molecule has 0 bridgehead atoms. The van der Waals surface area contributed by atoms with E-state index in [1.807, 2.05) is 0 Å². The summed E-state index contributed by atoms with van der Waals surface area (Å²) in [6.07, 6.45) is 0. The Kier molecular flexibility index (Phi) is 5.04. The molecule has 3 nitrogen and oxygen atoms in total. The number of benzene rings is 1. The number of carbonyl (C=O) groups is 1. The summed E-state index contributed by atoms with van der Waals surface area (Å²) in [5, 5.41) is 8.56. The van der Waals surface area contributed by atoms with Crippen molar-refractivity contribution in [1.29, 1.82) is 0 Å². The summed E-state index contributed by atoms with van der Waals surface area (Å²) >= 11 is 5.01. The third kappa shape index (κ3) is 2.55. The fourth-order valence-electron chi connectivity index (χ4n) is 0.711. The molecule has 1 aromatic rings. The van der Waals surface area contributed by atoms with Gasteiger partial charge in [-0.1, -0.05) is 12.1 Å². The van der Waals surface area contributed by atoms with Crippen LogP contribution in [0.4, 0.5) is 0 Å². The first-order chi connectivity index (χ1) is 5.25. The largest absolute Gasteiger partial charge is 2.00 e. The molecule has 1 aromatic carbocycles. The molecule has 1 rings (SSSR count). The van der Waals surface area contributed by atoms with Crippen LogP contribution in [-0.2, 0) is 0 Å². The fourth-order valence-corrected chi connectivity index (χ4v) is 0.845. The zero-order valence-corrected chi connectivity index (χ0v) is 8.33. The van der Waals surface area contributed by atoms with E-state index in [4.69, 9.17) is 17.0 Å². The van der Waals surface area contributed by atoms with Gasteiger partial charge in [0.15, 0.2) is 5.75 Å². The summed E-state index contributed by atoms with van der Waals surface area (Å²) in [4.78, 5) is 10.4. The molecule has 0 radical (unpaired) electrons. The summed E-state index contributed by atoms with van der Waals surface area (Å²) in [6, 6.07) is 6.14. The number of halogens is 1. The third-order valence-electron chi connectivity index (χ3n) is 1.20. The number of rotatable bonds is 2. The van der Waals surface area contributed by atoms with Crippen molar-refractivity contribution < 1.29 is 17.0 Å². The monoisotopic (exact) mass is 198 g/mol. The van der Waals surface area contributed by atoms with Gasteiger partial charge in [0.05, 0.1) is 0 Å². The molecule has 5 heteroatoms. The zero-order chi connectivity index (χ0) is 8.27. The van der Waals surface area contributed by atoms with Crippen LogP contribution < -0.4 is 4.29 Å². The molecule has 0 aliphatic heterocycles. The molecular formula is C7H7ClMgO3. The van der Waals surface area contributed by atoms with Crippen LogP contribution in [0.2, 0.25) is 0 Å². The predicted molar refractivity (Wildman–Crippen MR) is 47.9 cm³/mol. The van der Waals surface area contributed by atoms with Crippen molar-refractivity contribution in [2.75, 3.05) is 0 Å². The zero-order valence-electron chi connectivity index (χ0n) is 8.16. The van der Waals surface area contributed by atoms with Gasteiger partial charge in [-0.15, -0.1) is 0 Å². The maximum atomic E-state index is 10.4. The number of carboxylic acids is 1. The van der Waals surface area contributed by atoms with Gasteiger partial charge in [0.25, 0.3) is 0 Å². The van der Waals surface area contributed by atoms with Crippen LogP contribution in [0.1, 0.15) is 13.2 Å². The van der Waals surface area contributed by atoms with Crippen molar-refractivity contribution in [2.24, 2.45) is 0 Å². The Morgan fingerprint density at radius 2 is 2.08 bits per heavy atom. The number of para-hydroxylation sites is 1. The van der Waals surface area contributed by atoms with Gasteiger partial charge in [0.1, 0.15) is 17.4 Å². The van der Waals surface area contributed by atoms with E-state index < -0.39 is 5.97 Å². The number of carboxylic acid groups (broad SMARTS) is 1. The molecular weight excluding hydrogens is 192 g/mol. The van der Waals surface area contributed by atoms with E-state index in [0.29, 0.717) is 0 Å². The SMILES string of the molecule is O=C(O)c1ccccc1OCl.[H-].[H-].[Mg+2]. The Hall–Kier alpha value is -0.454. The molecule has 0 aliphatic rings. The summed E-state index contributed by atoms with van der Waals surface area (Å²) in [6.45, 7) is 0. The number of hydrogen-bond donors (Lipinski definition) is 1. The van der Waals surface area contributed by atoms with E-state index in [0.717, 1.165) is 0 Å². The molecule has 1 N–H and O–H groups in total. The topological polar surface area (TPSA) is 46.5 Å². The summed E-state index contributed by atoms with van der Waals surface area (Å²) in [5.74, 6) is -0.900. The van der Waals surface area contributed by atoms with E-state index in [1.54, 1.807) is 12.1 Å². The van der Waals surface area contributed by atoms with Gasteiger partial charge >= 0.3 is 29.0 Å². The van der Waals surface area contributed by atoms with Gasteiger partial charge in [-0.2, -0.15) is 0 Å². The van der Waals surface area contributed by atoms with Crippen molar-refractivity contribution >= 4 is 40.9 Å². The van der Waals surface area contributed by atoms with E-state index in [-0.39, 0.29) is 37.2 Å². The van der Waals surface area contributed by atoms with Crippen molar-refractivity contribution in [2.45, 2.75) is 0 Å². The molecule has 0 unspecified atom stereocenters. The van der Waals surface area contributed by atoms with Crippen LogP contribution >= 0.6 is 11.9 Å². The molecule has 0 heterocycles. The molecule has 0 spiro atoms. The summed E-state index contributed by atoms with van der Waals surface area (Å²) < 4.78 is 4.30. The van der Waals surface area contributed by atoms with Crippen molar-refractivity contribution in [3.63, 3.8) is 0 Å². The normalized spacial score (nSPS) is 8.42. The molecule has 0 amide bonds. The first kappa shape index (κ1) is 11.5. The molecule has 0 atom stereocenters. The van der Waals surface area contributed by atoms with E-state index in [9.17, 15) is 4.79 Å². The Labute approximate surface area is 93.6 Å². The van der Waals surface area contributed by atoms with Gasteiger partial charge in [-0.3, -0.25) is 0 Å². The smallest absolute Gasteiger partial charge is 1.00 e. The second-order valence-electron chi connectivity index (χ2n) is 1.88. The average Bonchev–Trinajstić information content (AvgIpc) is 2.04. The maximum Gasteiger partial charge on any atom is 2.00 e. The Morgan fingerprint density at radius 3 is 2.50 bits per heavy atom. The van der Waals surface area contributed by atoms with E-state index in [1.165, 1.54) is 12.1 Å². The molecule has 0 aliphatic carbocycles. The van der Waals surface area contributed by atoms with Crippen LogP contribution in [0, 0.1) is 0 Å². The second-order valence-corrected chi connectivity index (χ2v) is 2.03. The second kappa shape index (κ2) is 5.24. The molecule has 0 saturated heterocycles. The first-order valence-electron chi connectivity index (χ1n) is 2.86. The van der Waals surface area contributed by atoms with Gasteiger partial charge in [0, 0.05) is 0 Å². The molecule has 12 heavy (non-hydrogen) atoms. The fraction of sp³-hybridized carbons (Fsp3) is 0. The standard InChI is InChI=1S/C7H5ClO3.Mg.2H/c8-11-6-4-2-1-3-5(6)7(9)10;;;/h1-4H,(H,9,10);;;/q;+2;2*-1. The number of hydrogen-bond acceptors (Lipinski definition) is 2. The Bertz CT molecular complexity index is 285. The summed E-state index contributed by atoms with van der Waals surface area (Å²) in [7, 11) is 0. The summed E-state index contributed by atoms with van der Waals surface area (Å²) in [5.41, 5.74) is 0.0579. The van der Waals surface area contributed by atoms with Gasteiger partial charge in [0.2, 0.25) is 0 Å². The minimum atomic E-state index is -1.05. The molecule has 62 valence electrons. The van der Waals surface area contributed by atoms with Crippen LogP contribution in [0.15, 0.2) is 24.3 Å². The Balaban J connectivity index is -0.000000403. The average molecular weight is 199 g/mol. The minimum absolute atomic E-state index is 0. The van der Waals surface area contributed by atoms with Crippen molar-refractivity contribution in [1.82, 2.24) is 0 Å². The van der Waals surface area contributed by atoms with Gasteiger partial charge < -0.3 is 12.2 Å². The minimum Gasteiger partial charge on any atom is -1.00 e. The molecule has 0 aromatic heterocycles. The van der Waals surface area contributed by atoms with Crippen molar-refractivity contribution in [3.8, 4) is 5.75 Å². The first-order valence-corrected chi connectivity index (χ1v) is 3.17. The van der Waals surface area contributed by atoms with Crippen LogP contribution in [-0.4, -0.2) is 34.1 Å². The number of aromatic carboxylic acids is 1. The van der Waals surface area contributed by atoms with Crippen LogP contribution in [0.3, 0.4) is 0 Å². The van der Waals surface area contributed by atoms with E-state index in [2.05, 4.69) is 4.29 Å². The quantitative estimate of drug-likeness (QED) is 0.738. The molecule has 0 saturated carbocycles. The van der Waals surface area contributed by atoms with Crippen molar-refractivity contribution in [3.05, 3.63) is 29.8 Å². The maximum absolute atomic E-state index is 10.4. The predicted octanol–water partition coefficient (Wildman–Crippen LogP) is 1.76. The van der Waals surface area contributed by atoms with Gasteiger partial charge in [-0.25, -0.2) is 4.79 Å². The Morgan fingerprint density at radius 1 is 1.50 bits per heavy atom. The van der Waals surface area contributed by atoms with Crippen LogP contribution in [0.25, 0.3) is 0 Å².